The molecule has 1 atom stereocenters. The second-order valence-corrected chi connectivity index (χ2v) is 9.62. The fourth-order valence-corrected chi connectivity index (χ4v) is 4.76. The van der Waals surface area contributed by atoms with Gasteiger partial charge in [0.1, 0.15) is 11.6 Å². The SMILES string of the molecule is O=C(NC[C@H](c1ccc(F)cc1)N1CCOCC1)c1ccc(S(=O)(=O)NCc2ccco2)cc1. The monoisotopic (exact) mass is 487 g/mol. The van der Waals surface area contributed by atoms with Gasteiger partial charge >= 0.3 is 0 Å². The van der Waals surface area contributed by atoms with Gasteiger partial charge in [0.05, 0.1) is 37.0 Å². The molecule has 0 aliphatic carbocycles. The zero-order valence-electron chi connectivity index (χ0n) is 18.4. The fraction of sp³-hybridized carbons (Fsp3) is 0.292. The van der Waals surface area contributed by atoms with Crippen molar-refractivity contribution in [2.24, 2.45) is 0 Å². The Kier molecular flexibility index (Phi) is 7.73. The van der Waals surface area contributed by atoms with Gasteiger partial charge < -0.3 is 14.5 Å². The van der Waals surface area contributed by atoms with Crippen molar-refractivity contribution in [3.63, 3.8) is 0 Å². The summed E-state index contributed by atoms with van der Waals surface area (Å²) in [6.07, 6.45) is 1.47. The molecule has 0 bridgehead atoms. The first-order chi connectivity index (χ1) is 16.4. The Morgan fingerprint density at radius 2 is 1.74 bits per heavy atom. The number of nitrogens with one attached hydrogen (secondary N) is 2. The van der Waals surface area contributed by atoms with Crippen LogP contribution in [0.2, 0.25) is 0 Å². The lowest BCUT2D eigenvalue weighted by Crippen LogP contribution is -2.43. The van der Waals surface area contributed by atoms with E-state index in [1.165, 1.54) is 42.7 Å². The number of ether oxygens (including phenoxy) is 1. The van der Waals surface area contributed by atoms with E-state index in [1.54, 1.807) is 24.3 Å². The standard InChI is InChI=1S/C24H26FN3O5S/c25-20-7-3-18(4-8-20)23(28-11-14-32-15-12-28)17-26-24(29)19-5-9-22(10-6-19)34(30,31)27-16-21-2-1-13-33-21/h1-10,13,23,27H,11-12,14-17H2,(H,26,29)/t23-/m1/s1. The molecule has 1 aliphatic heterocycles. The van der Waals surface area contributed by atoms with Gasteiger partial charge in [0.2, 0.25) is 10.0 Å². The van der Waals surface area contributed by atoms with Gasteiger partial charge in [0.15, 0.2) is 0 Å². The lowest BCUT2D eigenvalue weighted by atomic mass is 10.0. The molecule has 1 saturated heterocycles. The molecule has 0 radical (unpaired) electrons. The van der Waals surface area contributed by atoms with Gasteiger partial charge in [-0.1, -0.05) is 12.1 Å². The minimum absolute atomic E-state index is 0.0316. The van der Waals surface area contributed by atoms with Crippen LogP contribution in [-0.2, 0) is 21.3 Å². The van der Waals surface area contributed by atoms with Crippen LogP contribution in [0.5, 0.6) is 0 Å². The summed E-state index contributed by atoms with van der Waals surface area (Å²) in [6, 6.07) is 15.2. The van der Waals surface area contributed by atoms with Gasteiger partial charge in [-0.15, -0.1) is 0 Å². The van der Waals surface area contributed by atoms with Crippen molar-refractivity contribution in [3.05, 3.63) is 89.6 Å². The summed E-state index contributed by atoms with van der Waals surface area (Å²) >= 11 is 0. The molecule has 2 N–H and O–H groups in total. The molecule has 0 unspecified atom stereocenters. The minimum atomic E-state index is -3.75. The maximum absolute atomic E-state index is 13.4. The maximum atomic E-state index is 13.4. The Hall–Kier alpha value is -3.05. The summed E-state index contributed by atoms with van der Waals surface area (Å²) in [5, 5.41) is 2.92. The van der Waals surface area contributed by atoms with Gasteiger partial charge in [0, 0.05) is 25.2 Å². The molecule has 8 nitrogen and oxygen atoms in total. The summed E-state index contributed by atoms with van der Waals surface area (Å²) in [5.74, 6) is -0.148. The molecular formula is C24H26FN3O5S. The zero-order chi connectivity index (χ0) is 24.0. The molecule has 3 aromatic rings. The Balaban J connectivity index is 1.40. The molecule has 1 fully saturated rings. The van der Waals surface area contributed by atoms with E-state index >= 15 is 0 Å². The van der Waals surface area contributed by atoms with E-state index in [0.717, 1.165) is 5.56 Å². The highest BCUT2D eigenvalue weighted by molar-refractivity contribution is 7.89. The third-order valence-electron chi connectivity index (χ3n) is 5.64. The summed E-state index contributed by atoms with van der Waals surface area (Å²) in [4.78, 5) is 15.0. The van der Waals surface area contributed by atoms with Gasteiger partial charge in [-0.2, -0.15) is 0 Å². The molecular weight excluding hydrogens is 461 g/mol. The number of furan rings is 1. The predicted molar refractivity (Wildman–Crippen MR) is 123 cm³/mol. The lowest BCUT2D eigenvalue weighted by molar-refractivity contribution is 0.0162. The first-order valence-electron chi connectivity index (χ1n) is 10.9. The van der Waals surface area contributed by atoms with Crippen molar-refractivity contribution in [3.8, 4) is 0 Å². The van der Waals surface area contributed by atoms with E-state index in [9.17, 15) is 17.6 Å². The lowest BCUT2D eigenvalue weighted by Gasteiger charge is -2.35. The van der Waals surface area contributed by atoms with Crippen molar-refractivity contribution in [1.82, 2.24) is 14.9 Å². The Morgan fingerprint density at radius 1 is 1.03 bits per heavy atom. The highest BCUT2D eigenvalue weighted by atomic mass is 32.2. The van der Waals surface area contributed by atoms with Crippen molar-refractivity contribution >= 4 is 15.9 Å². The molecule has 1 amide bonds. The Morgan fingerprint density at radius 3 is 2.38 bits per heavy atom. The first-order valence-corrected chi connectivity index (χ1v) is 12.4. The maximum Gasteiger partial charge on any atom is 0.251 e. The van der Waals surface area contributed by atoms with Crippen LogP contribution >= 0.6 is 0 Å². The molecule has 34 heavy (non-hydrogen) atoms. The number of hydrogen-bond donors (Lipinski definition) is 2. The fourth-order valence-electron chi connectivity index (χ4n) is 3.77. The van der Waals surface area contributed by atoms with Crippen molar-refractivity contribution in [2.75, 3.05) is 32.8 Å². The smallest absolute Gasteiger partial charge is 0.251 e. The molecule has 2 heterocycles. The minimum Gasteiger partial charge on any atom is -0.468 e. The first kappa shape index (κ1) is 24.1. The number of amides is 1. The van der Waals surface area contributed by atoms with Gasteiger partial charge in [-0.3, -0.25) is 9.69 Å². The number of halogens is 1. The number of rotatable bonds is 9. The predicted octanol–water partition coefficient (Wildman–Crippen LogP) is 2.70. The quantitative estimate of drug-likeness (QED) is 0.481. The largest absolute Gasteiger partial charge is 0.468 e. The van der Waals surface area contributed by atoms with E-state index in [0.29, 0.717) is 44.2 Å². The van der Waals surface area contributed by atoms with E-state index < -0.39 is 10.0 Å². The van der Waals surface area contributed by atoms with Crippen LogP contribution in [0.4, 0.5) is 4.39 Å². The number of benzene rings is 2. The number of carbonyl (C=O) groups is 1. The van der Waals surface area contributed by atoms with Crippen LogP contribution in [0.25, 0.3) is 0 Å². The van der Waals surface area contributed by atoms with Crippen LogP contribution in [0.3, 0.4) is 0 Å². The van der Waals surface area contributed by atoms with Crippen LogP contribution in [-0.4, -0.2) is 52.1 Å². The Bertz CT molecular complexity index is 1180. The van der Waals surface area contributed by atoms with Gasteiger partial charge in [0.25, 0.3) is 5.91 Å². The average Bonchev–Trinajstić information content (AvgIpc) is 3.39. The van der Waals surface area contributed by atoms with E-state index in [1.807, 2.05) is 0 Å². The van der Waals surface area contributed by atoms with Crippen molar-refractivity contribution < 1.29 is 26.8 Å². The molecule has 10 heteroatoms. The highest BCUT2D eigenvalue weighted by Gasteiger charge is 2.24. The van der Waals surface area contributed by atoms with Crippen LogP contribution in [0.1, 0.15) is 27.7 Å². The molecule has 180 valence electrons. The molecule has 1 aromatic heterocycles. The summed E-state index contributed by atoms with van der Waals surface area (Å²) in [7, 11) is -3.75. The second-order valence-electron chi connectivity index (χ2n) is 7.85. The number of morpholine rings is 1. The number of carbonyl (C=O) groups excluding carboxylic acids is 1. The third-order valence-corrected chi connectivity index (χ3v) is 7.06. The highest BCUT2D eigenvalue weighted by Crippen LogP contribution is 2.22. The molecule has 2 aromatic carbocycles. The molecule has 4 rings (SSSR count). The number of hydrogen-bond acceptors (Lipinski definition) is 6. The Labute approximate surface area is 197 Å². The van der Waals surface area contributed by atoms with Crippen molar-refractivity contribution in [2.45, 2.75) is 17.5 Å². The van der Waals surface area contributed by atoms with Gasteiger partial charge in [-0.05, 0) is 54.1 Å². The van der Waals surface area contributed by atoms with Crippen LogP contribution in [0, 0.1) is 5.82 Å². The molecule has 0 saturated carbocycles. The van der Waals surface area contributed by atoms with Gasteiger partial charge in [-0.25, -0.2) is 17.5 Å². The van der Waals surface area contributed by atoms with Crippen molar-refractivity contribution in [1.29, 1.82) is 0 Å². The average molecular weight is 488 g/mol. The van der Waals surface area contributed by atoms with Crippen LogP contribution < -0.4 is 10.0 Å². The van der Waals surface area contributed by atoms with E-state index in [-0.39, 0.29) is 29.2 Å². The van der Waals surface area contributed by atoms with E-state index in [4.69, 9.17) is 9.15 Å². The number of nitrogens with zero attached hydrogens (tertiary/aromatic N) is 1. The number of sulfonamides is 1. The third kappa shape index (κ3) is 6.09. The summed E-state index contributed by atoms with van der Waals surface area (Å²) < 4.78 is 51.4. The topological polar surface area (TPSA) is 101 Å². The summed E-state index contributed by atoms with van der Waals surface area (Å²) in [5.41, 5.74) is 1.23. The van der Waals surface area contributed by atoms with E-state index in [2.05, 4.69) is 14.9 Å². The normalized spacial score (nSPS) is 15.7. The second kappa shape index (κ2) is 10.9. The van der Waals surface area contributed by atoms with Crippen LogP contribution in [0.15, 0.2) is 76.2 Å². The molecule has 0 spiro atoms. The summed E-state index contributed by atoms with van der Waals surface area (Å²) in [6.45, 7) is 2.94. The zero-order valence-corrected chi connectivity index (χ0v) is 19.3. The molecule has 1 aliphatic rings.